The van der Waals surface area contributed by atoms with Crippen molar-refractivity contribution >= 4 is 17.5 Å². The van der Waals surface area contributed by atoms with Crippen molar-refractivity contribution in [3.8, 4) is 0 Å². The maximum absolute atomic E-state index is 12.5. The summed E-state index contributed by atoms with van der Waals surface area (Å²) in [6.07, 6.45) is 12.2. The Morgan fingerprint density at radius 1 is 1.00 bits per heavy atom. The van der Waals surface area contributed by atoms with Crippen LogP contribution in [0, 0.1) is 5.92 Å². The number of rotatable bonds is 5. The Balaban J connectivity index is 1.85. The van der Waals surface area contributed by atoms with Gasteiger partial charge in [0.25, 0.3) is 0 Å². The first kappa shape index (κ1) is 14.2. The molecule has 0 aliphatic heterocycles. The van der Waals surface area contributed by atoms with Crippen LogP contribution in [0.4, 0.5) is 0 Å². The number of alkyl halides is 1. The zero-order valence-electron chi connectivity index (χ0n) is 11.4. The number of carbonyl (C=O) groups excluding carboxylic acids is 1. The van der Waals surface area contributed by atoms with Crippen molar-refractivity contribution in [1.29, 1.82) is 0 Å². The average molecular weight is 272 g/mol. The van der Waals surface area contributed by atoms with E-state index in [-0.39, 0.29) is 0 Å². The first-order valence-electron chi connectivity index (χ1n) is 7.66. The molecule has 3 heteroatoms. The molecule has 0 unspecified atom stereocenters. The van der Waals surface area contributed by atoms with Gasteiger partial charge in [-0.1, -0.05) is 32.1 Å². The van der Waals surface area contributed by atoms with Gasteiger partial charge in [-0.3, -0.25) is 4.79 Å². The summed E-state index contributed by atoms with van der Waals surface area (Å²) in [6, 6.07) is 0.486. The lowest BCUT2D eigenvalue weighted by molar-refractivity contribution is -0.134. The summed E-state index contributed by atoms with van der Waals surface area (Å²) >= 11 is 5.87. The molecule has 0 spiro atoms. The van der Waals surface area contributed by atoms with Crippen molar-refractivity contribution in [1.82, 2.24) is 4.90 Å². The van der Waals surface area contributed by atoms with Crippen LogP contribution in [0.3, 0.4) is 0 Å². The first-order valence-corrected chi connectivity index (χ1v) is 8.20. The van der Waals surface area contributed by atoms with E-state index in [0.29, 0.717) is 23.7 Å². The lowest BCUT2D eigenvalue weighted by Gasteiger charge is -2.31. The average Bonchev–Trinajstić information content (AvgIpc) is 2.90. The Morgan fingerprint density at radius 2 is 1.61 bits per heavy atom. The topological polar surface area (TPSA) is 20.3 Å². The maximum Gasteiger partial charge on any atom is 0.223 e. The third kappa shape index (κ3) is 3.88. The molecular formula is C15H26ClNO. The molecular weight excluding hydrogens is 246 g/mol. The molecule has 0 N–H and O–H groups in total. The standard InChI is InChI=1S/C15H26ClNO/c16-10-11-17(14-8-4-5-9-14)15(18)12-13-6-2-1-3-7-13/h13-14H,1-12H2. The van der Waals surface area contributed by atoms with Gasteiger partial charge in [-0.25, -0.2) is 0 Å². The van der Waals surface area contributed by atoms with Crippen LogP contribution in [0.15, 0.2) is 0 Å². The van der Waals surface area contributed by atoms with Crippen molar-refractivity contribution in [3.05, 3.63) is 0 Å². The summed E-state index contributed by atoms with van der Waals surface area (Å²) in [5.74, 6) is 1.59. The van der Waals surface area contributed by atoms with Gasteiger partial charge in [0.1, 0.15) is 0 Å². The molecule has 0 radical (unpaired) electrons. The minimum absolute atomic E-state index is 0.370. The number of halogens is 1. The molecule has 0 aromatic carbocycles. The molecule has 104 valence electrons. The lowest BCUT2D eigenvalue weighted by atomic mass is 9.86. The molecule has 18 heavy (non-hydrogen) atoms. The molecule has 0 atom stereocenters. The van der Waals surface area contributed by atoms with Crippen LogP contribution in [0.5, 0.6) is 0 Å². The molecule has 2 saturated carbocycles. The fraction of sp³-hybridized carbons (Fsp3) is 0.933. The van der Waals surface area contributed by atoms with E-state index in [2.05, 4.69) is 4.90 Å². The van der Waals surface area contributed by atoms with E-state index in [0.717, 1.165) is 13.0 Å². The molecule has 2 fully saturated rings. The zero-order valence-corrected chi connectivity index (χ0v) is 12.1. The third-order valence-electron chi connectivity index (χ3n) is 4.60. The normalized spacial score (nSPS) is 22.3. The van der Waals surface area contributed by atoms with Crippen LogP contribution in [-0.4, -0.2) is 29.3 Å². The minimum Gasteiger partial charge on any atom is -0.339 e. The van der Waals surface area contributed by atoms with Crippen molar-refractivity contribution in [2.45, 2.75) is 70.3 Å². The smallest absolute Gasteiger partial charge is 0.223 e. The van der Waals surface area contributed by atoms with E-state index in [4.69, 9.17) is 11.6 Å². The fourth-order valence-corrected chi connectivity index (χ4v) is 3.76. The Labute approximate surface area is 116 Å². The van der Waals surface area contributed by atoms with E-state index in [1.54, 1.807) is 0 Å². The quantitative estimate of drug-likeness (QED) is 0.693. The van der Waals surface area contributed by atoms with Gasteiger partial charge in [-0.2, -0.15) is 0 Å². The fourth-order valence-electron chi connectivity index (χ4n) is 3.57. The number of hydrogen-bond acceptors (Lipinski definition) is 1. The largest absolute Gasteiger partial charge is 0.339 e. The zero-order chi connectivity index (χ0) is 12.8. The van der Waals surface area contributed by atoms with Gasteiger partial charge >= 0.3 is 0 Å². The van der Waals surface area contributed by atoms with Crippen LogP contribution in [0.25, 0.3) is 0 Å². The lowest BCUT2D eigenvalue weighted by Crippen LogP contribution is -2.41. The predicted molar refractivity (Wildman–Crippen MR) is 75.9 cm³/mol. The Hall–Kier alpha value is -0.240. The summed E-state index contributed by atoms with van der Waals surface area (Å²) in [5.41, 5.74) is 0. The van der Waals surface area contributed by atoms with Gasteiger partial charge in [-0.15, -0.1) is 11.6 Å². The SMILES string of the molecule is O=C(CC1CCCCC1)N(CCCl)C1CCCC1. The number of amides is 1. The molecule has 2 rings (SSSR count). The predicted octanol–water partition coefficient (Wildman–Crippen LogP) is 3.97. The van der Waals surface area contributed by atoms with Gasteiger partial charge < -0.3 is 4.90 Å². The van der Waals surface area contributed by atoms with Crippen molar-refractivity contribution in [3.63, 3.8) is 0 Å². The van der Waals surface area contributed by atoms with Crippen molar-refractivity contribution < 1.29 is 4.79 Å². The molecule has 2 aliphatic rings. The summed E-state index contributed by atoms with van der Waals surface area (Å²) in [7, 11) is 0. The molecule has 1 amide bonds. The van der Waals surface area contributed by atoms with E-state index >= 15 is 0 Å². The van der Waals surface area contributed by atoms with E-state index < -0.39 is 0 Å². The van der Waals surface area contributed by atoms with Gasteiger partial charge in [0.15, 0.2) is 0 Å². The van der Waals surface area contributed by atoms with E-state index in [1.165, 1.54) is 57.8 Å². The number of hydrogen-bond donors (Lipinski definition) is 0. The highest BCUT2D eigenvalue weighted by atomic mass is 35.5. The summed E-state index contributed by atoms with van der Waals surface area (Å²) < 4.78 is 0. The first-order chi connectivity index (χ1) is 8.81. The van der Waals surface area contributed by atoms with Crippen molar-refractivity contribution in [2.75, 3.05) is 12.4 Å². The second kappa shape index (κ2) is 7.37. The summed E-state index contributed by atoms with van der Waals surface area (Å²) in [4.78, 5) is 14.5. The van der Waals surface area contributed by atoms with Crippen LogP contribution < -0.4 is 0 Å². The van der Waals surface area contributed by atoms with Crippen molar-refractivity contribution in [2.24, 2.45) is 5.92 Å². The summed E-state index contributed by atoms with van der Waals surface area (Å²) in [6.45, 7) is 0.748. The number of nitrogens with zero attached hydrogens (tertiary/aromatic N) is 1. The molecule has 0 heterocycles. The minimum atomic E-state index is 0.370. The molecule has 0 aromatic heterocycles. The molecule has 0 saturated heterocycles. The van der Waals surface area contributed by atoms with E-state index in [1.807, 2.05) is 0 Å². The Kier molecular flexibility index (Phi) is 5.81. The van der Waals surface area contributed by atoms with Crippen LogP contribution >= 0.6 is 11.6 Å². The summed E-state index contributed by atoms with van der Waals surface area (Å²) in [5, 5.41) is 0. The molecule has 0 aromatic rings. The highest BCUT2D eigenvalue weighted by Gasteiger charge is 2.28. The van der Waals surface area contributed by atoms with Crippen LogP contribution in [0.1, 0.15) is 64.2 Å². The van der Waals surface area contributed by atoms with Gasteiger partial charge in [0.05, 0.1) is 0 Å². The second-order valence-electron chi connectivity index (χ2n) is 5.92. The third-order valence-corrected chi connectivity index (χ3v) is 4.77. The van der Waals surface area contributed by atoms with Gasteiger partial charge in [-0.05, 0) is 31.6 Å². The van der Waals surface area contributed by atoms with E-state index in [9.17, 15) is 4.79 Å². The molecule has 2 nitrogen and oxygen atoms in total. The maximum atomic E-state index is 12.5. The van der Waals surface area contributed by atoms with Gasteiger partial charge in [0, 0.05) is 24.9 Å². The van der Waals surface area contributed by atoms with Crippen LogP contribution in [0.2, 0.25) is 0 Å². The van der Waals surface area contributed by atoms with Gasteiger partial charge in [0.2, 0.25) is 5.91 Å². The molecule has 0 bridgehead atoms. The molecule has 2 aliphatic carbocycles. The highest BCUT2D eigenvalue weighted by Crippen LogP contribution is 2.29. The second-order valence-corrected chi connectivity index (χ2v) is 6.30. The van der Waals surface area contributed by atoms with Crippen LogP contribution in [-0.2, 0) is 4.79 Å². The highest BCUT2D eigenvalue weighted by molar-refractivity contribution is 6.18. The Bertz CT molecular complexity index is 257. The Morgan fingerprint density at radius 3 is 2.22 bits per heavy atom. The monoisotopic (exact) mass is 271 g/mol. The number of carbonyl (C=O) groups is 1.